The summed E-state index contributed by atoms with van der Waals surface area (Å²) >= 11 is 0. The summed E-state index contributed by atoms with van der Waals surface area (Å²) in [6, 6.07) is 6.81. The van der Waals surface area contributed by atoms with E-state index >= 15 is 0 Å². The second-order valence-corrected chi connectivity index (χ2v) is 6.14. The fourth-order valence-corrected chi connectivity index (χ4v) is 2.42. The molecule has 0 saturated carbocycles. The Morgan fingerprint density at radius 3 is 2.65 bits per heavy atom. The van der Waals surface area contributed by atoms with Gasteiger partial charge in [0.05, 0.1) is 19.9 Å². The van der Waals surface area contributed by atoms with E-state index in [1.165, 1.54) is 13.2 Å². The molecule has 0 amide bonds. The van der Waals surface area contributed by atoms with Crippen LogP contribution in [-0.4, -0.2) is 23.5 Å². The molecule has 2 rings (SSSR count). The van der Waals surface area contributed by atoms with E-state index in [1.807, 2.05) is 13.8 Å². The first kappa shape index (κ1) is 17.1. The first-order valence-electron chi connectivity index (χ1n) is 7.29. The number of nitrogens with zero attached hydrogens (tertiary/aromatic N) is 1. The minimum absolute atomic E-state index is 0.114. The molecule has 0 radical (unpaired) electrons. The Hall–Kier alpha value is -2.27. The molecular formula is C18H20FNO3. The molecule has 1 aromatic carbocycles. The van der Waals surface area contributed by atoms with Crippen LogP contribution < -0.4 is 4.74 Å². The lowest BCUT2D eigenvalue weighted by atomic mass is 9.83. The van der Waals surface area contributed by atoms with E-state index in [0.717, 1.165) is 18.0 Å². The highest BCUT2D eigenvalue weighted by Crippen LogP contribution is 2.32. The first-order valence-corrected chi connectivity index (χ1v) is 7.29. The van der Waals surface area contributed by atoms with Crippen LogP contribution in [0.2, 0.25) is 0 Å². The van der Waals surface area contributed by atoms with E-state index < -0.39 is 11.2 Å². The molecule has 0 bridgehead atoms. The molecule has 4 nitrogen and oxygen atoms in total. The number of ether oxygens (including phenoxy) is 1. The molecule has 122 valence electrons. The standard InChI is InChI=1S/C18H20FNO3/c1-18(2,11-22)8-13-6-12(10-21)4-5-14(13)15-7-17(23-3)20-9-16(15)19/h4-7,9,11,21H,8,10H2,1-3H3. The number of carbonyl (C=O) groups excluding carboxylic acids is 1. The van der Waals surface area contributed by atoms with Gasteiger partial charge in [-0.1, -0.05) is 32.0 Å². The van der Waals surface area contributed by atoms with Gasteiger partial charge in [0.2, 0.25) is 5.88 Å². The molecule has 0 aliphatic carbocycles. The molecular weight excluding hydrogens is 297 g/mol. The second-order valence-electron chi connectivity index (χ2n) is 6.14. The van der Waals surface area contributed by atoms with Crippen LogP contribution in [0.4, 0.5) is 4.39 Å². The molecule has 0 aliphatic rings. The van der Waals surface area contributed by atoms with Crippen molar-refractivity contribution in [3.8, 4) is 17.0 Å². The fraction of sp³-hybridized carbons (Fsp3) is 0.333. The second kappa shape index (κ2) is 6.87. The van der Waals surface area contributed by atoms with Gasteiger partial charge in [-0.05, 0) is 23.1 Å². The van der Waals surface area contributed by atoms with Crippen LogP contribution in [0.3, 0.4) is 0 Å². The molecule has 2 aromatic rings. The number of halogens is 1. The van der Waals surface area contributed by atoms with Gasteiger partial charge < -0.3 is 14.6 Å². The lowest BCUT2D eigenvalue weighted by Gasteiger charge is -2.20. The van der Waals surface area contributed by atoms with Crippen LogP contribution >= 0.6 is 0 Å². The number of hydrogen-bond acceptors (Lipinski definition) is 4. The normalized spacial score (nSPS) is 11.3. The van der Waals surface area contributed by atoms with Crippen LogP contribution in [-0.2, 0) is 17.8 Å². The highest BCUT2D eigenvalue weighted by atomic mass is 19.1. The van der Waals surface area contributed by atoms with Crippen LogP contribution in [0, 0.1) is 11.2 Å². The van der Waals surface area contributed by atoms with Gasteiger partial charge in [0.1, 0.15) is 12.1 Å². The largest absolute Gasteiger partial charge is 0.481 e. The SMILES string of the molecule is COc1cc(-c2ccc(CO)cc2CC(C)(C)C=O)c(F)cn1. The summed E-state index contributed by atoms with van der Waals surface area (Å²) in [7, 11) is 1.47. The van der Waals surface area contributed by atoms with Crippen LogP contribution in [0.15, 0.2) is 30.5 Å². The molecule has 23 heavy (non-hydrogen) atoms. The minimum Gasteiger partial charge on any atom is -0.481 e. The number of pyridine rings is 1. The summed E-state index contributed by atoms with van der Waals surface area (Å²) in [5.74, 6) is -0.152. The Morgan fingerprint density at radius 2 is 2.04 bits per heavy atom. The molecule has 1 aromatic heterocycles. The maximum absolute atomic E-state index is 14.2. The molecule has 0 spiro atoms. The van der Waals surface area contributed by atoms with Gasteiger partial charge in [-0.15, -0.1) is 0 Å². The third-order valence-electron chi connectivity index (χ3n) is 3.65. The quantitative estimate of drug-likeness (QED) is 0.832. The molecule has 0 unspecified atom stereocenters. The van der Waals surface area contributed by atoms with Crippen molar-refractivity contribution in [1.29, 1.82) is 0 Å². The third-order valence-corrected chi connectivity index (χ3v) is 3.65. The number of benzene rings is 1. The zero-order chi connectivity index (χ0) is 17.0. The summed E-state index contributed by atoms with van der Waals surface area (Å²) in [5.41, 5.74) is 1.94. The van der Waals surface area contributed by atoms with E-state index in [4.69, 9.17) is 4.74 Å². The maximum Gasteiger partial charge on any atom is 0.213 e. The summed E-state index contributed by atoms with van der Waals surface area (Å²) < 4.78 is 19.3. The van der Waals surface area contributed by atoms with Crippen molar-refractivity contribution in [2.24, 2.45) is 5.41 Å². The van der Waals surface area contributed by atoms with Gasteiger partial charge in [0.15, 0.2) is 0 Å². The minimum atomic E-state index is -0.587. The molecule has 1 heterocycles. The number of aromatic nitrogens is 1. The van der Waals surface area contributed by atoms with Gasteiger partial charge >= 0.3 is 0 Å². The highest BCUT2D eigenvalue weighted by molar-refractivity contribution is 5.70. The van der Waals surface area contributed by atoms with E-state index in [9.17, 15) is 14.3 Å². The molecule has 0 atom stereocenters. The van der Waals surface area contributed by atoms with Crippen LogP contribution in [0.25, 0.3) is 11.1 Å². The zero-order valence-electron chi connectivity index (χ0n) is 13.5. The monoisotopic (exact) mass is 317 g/mol. The Bertz CT molecular complexity index is 713. The van der Waals surface area contributed by atoms with E-state index in [0.29, 0.717) is 29.0 Å². The third kappa shape index (κ3) is 3.93. The Kier molecular flexibility index (Phi) is 5.11. The summed E-state index contributed by atoms with van der Waals surface area (Å²) in [4.78, 5) is 15.1. The Balaban J connectivity index is 2.59. The van der Waals surface area contributed by atoms with Gasteiger partial charge in [-0.3, -0.25) is 0 Å². The Labute approximate surface area is 134 Å². The van der Waals surface area contributed by atoms with Crippen LogP contribution in [0.1, 0.15) is 25.0 Å². The topological polar surface area (TPSA) is 59.4 Å². The molecule has 0 fully saturated rings. The predicted molar refractivity (Wildman–Crippen MR) is 85.7 cm³/mol. The number of aliphatic hydroxyl groups excluding tert-OH is 1. The fourth-order valence-electron chi connectivity index (χ4n) is 2.42. The Morgan fingerprint density at radius 1 is 1.30 bits per heavy atom. The van der Waals surface area contributed by atoms with Crippen molar-refractivity contribution in [2.75, 3.05) is 7.11 Å². The number of methoxy groups -OCH3 is 1. The highest BCUT2D eigenvalue weighted by Gasteiger charge is 2.21. The van der Waals surface area contributed by atoms with Crippen molar-refractivity contribution in [3.05, 3.63) is 47.4 Å². The van der Waals surface area contributed by atoms with Crippen molar-refractivity contribution in [1.82, 2.24) is 4.98 Å². The van der Waals surface area contributed by atoms with Crippen molar-refractivity contribution < 1.29 is 19.0 Å². The molecule has 5 heteroatoms. The summed E-state index contributed by atoms with van der Waals surface area (Å²) in [5, 5.41) is 9.34. The smallest absolute Gasteiger partial charge is 0.213 e. The van der Waals surface area contributed by atoms with Crippen molar-refractivity contribution in [2.45, 2.75) is 26.9 Å². The number of carbonyl (C=O) groups is 1. The molecule has 0 aliphatic heterocycles. The van der Waals surface area contributed by atoms with Gasteiger partial charge in [0.25, 0.3) is 0 Å². The molecule has 1 N–H and O–H groups in total. The average Bonchev–Trinajstić information content (AvgIpc) is 2.55. The number of hydrogen-bond donors (Lipinski definition) is 1. The van der Waals surface area contributed by atoms with E-state index in [2.05, 4.69) is 4.98 Å². The van der Waals surface area contributed by atoms with Gasteiger partial charge in [0, 0.05) is 17.0 Å². The lowest BCUT2D eigenvalue weighted by molar-refractivity contribution is -0.114. The van der Waals surface area contributed by atoms with Crippen molar-refractivity contribution >= 4 is 6.29 Å². The zero-order valence-corrected chi connectivity index (χ0v) is 13.5. The average molecular weight is 317 g/mol. The number of rotatable bonds is 6. The summed E-state index contributed by atoms with van der Waals surface area (Å²) in [6.07, 6.45) is 2.43. The van der Waals surface area contributed by atoms with E-state index in [1.54, 1.807) is 18.2 Å². The maximum atomic E-state index is 14.2. The lowest BCUT2D eigenvalue weighted by Crippen LogP contribution is -2.17. The van der Waals surface area contributed by atoms with Crippen LogP contribution in [0.5, 0.6) is 5.88 Å². The van der Waals surface area contributed by atoms with Crippen molar-refractivity contribution in [3.63, 3.8) is 0 Å². The first-order chi connectivity index (χ1) is 10.9. The number of aldehydes is 1. The van der Waals surface area contributed by atoms with E-state index in [-0.39, 0.29) is 6.61 Å². The summed E-state index contributed by atoms with van der Waals surface area (Å²) in [6.45, 7) is 3.52. The van der Waals surface area contributed by atoms with Gasteiger partial charge in [-0.25, -0.2) is 9.37 Å². The predicted octanol–water partition coefficient (Wildman–Crippen LogP) is 3.16. The number of aliphatic hydroxyl groups is 1. The van der Waals surface area contributed by atoms with Gasteiger partial charge in [-0.2, -0.15) is 0 Å². The molecule has 0 saturated heterocycles.